The Kier molecular flexibility index (Phi) is 4.41. The van der Waals surface area contributed by atoms with Gasteiger partial charge in [0, 0.05) is 12.0 Å². The molecule has 1 aliphatic heterocycles. The molecule has 1 aliphatic rings. The van der Waals surface area contributed by atoms with Gasteiger partial charge in [-0.2, -0.15) is 5.26 Å². The molecular formula is C13H17N3. The van der Waals surface area contributed by atoms with Crippen LogP contribution >= 0.6 is 0 Å². The van der Waals surface area contributed by atoms with Crippen molar-refractivity contribution in [1.29, 1.82) is 5.26 Å². The van der Waals surface area contributed by atoms with E-state index >= 15 is 0 Å². The van der Waals surface area contributed by atoms with Gasteiger partial charge in [0.1, 0.15) is 5.82 Å². The number of hydrogen-bond acceptors (Lipinski definition) is 3. The summed E-state index contributed by atoms with van der Waals surface area (Å²) in [4.78, 5) is 0. The van der Waals surface area contributed by atoms with Gasteiger partial charge in [-0.15, -0.1) is 0 Å². The molecule has 0 saturated heterocycles. The molecule has 2 unspecified atom stereocenters. The van der Waals surface area contributed by atoms with Crippen LogP contribution in [-0.2, 0) is 0 Å². The molecule has 2 atom stereocenters. The molecule has 0 bridgehead atoms. The summed E-state index contributed by atoms with van der Waals surface area (Å²) >= 11 is 0. The molecule has 3 nitrogen and oxygen atoms in total. The highest BCUT2D eigenvalue weighted by Gasteiger charge is 2.28. The van der Waals surface area contributed by atoms with Gasteiger partial charge in [-0.25, -0.2) is 0 Å². The number of hydrogen-bond donors (Lipinski definition) is 2. The van der Waals surface area contributed by atoms with Crippen LogP contribution in [0.15, 0.2) is 48.4 Å². The minimum Gasteiger partial charge on any atom is -0.385 e. The van der Waals surface area contributed by atoms with Crippen molar-refractivity contribution in [3.05, 3.63) is 48.4 Å². The first-order valence-electron chi connectivity index (χ1n) is 5.31. The molecule has 0 spiro atoms. The summed E-state index contributed by atoms with van der Waals surface area (Å²) in [5.41, 5.74) is 6.38. The van der Waals surface area contributed by atoms with Crippen LogP contribution in [0.3, 0.4) is 0 Å². The molecule has 0 radical (unpaired) electrons. The third-order valence-electron chi connectivity index (χ3n) is 2.69. The highest BCUT2D eigenvalue weighted by Crippen LogP contribution is 2.24. The van der Waals surface area contributed by atoms with E-state index in [4.69, 9.17) is 11.0 Å². The van der Waals surface area contributed by atoms with E-state index in [2.05, 4.69) is 24.0 Å². The van der Waals surface area contributed by atoms with E-state index in [9.17, 15) is 0 Å². The van der Waals surface area contributed by atoms with Gasteiger partial charge in [0.25, 0.3) is 0 Å². The van der Waals surface area contributed by atoms with Crippen molar-refractivity contribution in [3.8, 4) is 6.07 Å². The Morgan fingerprint density at radius 1 is 1.50 bits per heavy atom. The van der Waals surface area contributed by atoms with Crippen LogP contribution in [0.25, 0.3) is 0 Å². The predicted molar refractivity (Wildman–Crippen MR) is 66.0 cm³/mol. The van der Waals surface area contributed by atoms with Gasteiger partial charge in [0.2, 0.25) is 0 Å². The molecule has 0 aromatic rings. The van der Waals surface area contributed by atoms with Gasteiger partial charge < -0.3 is 11.1 Å². The van der Waals surface area contributed by atoms with Crippen LogP contribution in [0.4, 0.5) is 0 Å². The smallest absolute Gasteiger partial charge is 0.111 e. The monoisotopic (exact) mass is 215 g/mol. The van der Waals surface area contributed by atoms with Crippen LogP contribution in [0.5, 0.6) is 0 Å². The number of allylic oxidation sites excluding steroid dienone is 4. The number of nitriles is 1. The fourth-order valence-electron chi connectivity index (χ4n) is 1.72. The quantitative estimate of drug-likeness (QED) is 0.705. The highest BCUT2D eigenvalue weighted by atomic mass is 15.1. The van der Waals surface area contributed by atoms with Crippen molar-refractivity contribution >= 4 is 0 Å². The topological polar surface area (TPSA) is 61.8 Å². The van der Waals surface area contributed by atoms with Gasteiger partial charge in [-0.05, 0) is 6.42 Å². The molecular weight excluding hydrogens is 198 g/mol. The SMILES string of the molecule is C=C/C=C\C=C/CC1NC(N)=C(C#N)C1C. The van der Waals surface area contributed by atoms with E-state index in [0.717, 1.165) is 6.42 Å². The summed E-state index contributed by atoms with van der Waals surface area (Å²) in [6, 6.07) is 2.37. The normalized spacial score (nSPS) is 25.0. The first-order valence-corrected chi connectivity index (χ1v) is 5.31. The molecule has 3 heteroatoms. The first kappa shape index (κ1) is 12.1. The third-order valence-corrected chi connectivity index (χ3v) is 2.69. The van der Waals surface area contributed by atoms with Crippen molar-refractivity contribution in [3.63, 3.8) is 0 Å². The van der Waals surface area contributed by atoms with Gasteiger partial charge in [0.05, 0.1) is 11.6 Å². The molecule has 1 heterocycles. The van der Waals surface area contributed by atoms with Crippen molar-refractivity contribution in [1.82, 2.24) is 5.32 Å². The van der Waals surface area contributed by atoms with Crippen molar-refractivity contribution in [2.45, 2.75) is 19.4 Å². The fourth-order valence-corrected chi connectivity index (χ4v) is 1.72. The van der Waals surface area contributed by atoms with Crippen LogP contribution in [0.1, 0.15) is 13.3 Å². The minimum absolute atomic E-state index is 0.179. The van der Waals surface area contributed by atoms with Crippen LogP contribution in [-0.4, -0.2) is 6.04 Å². The molecule has 0 aromatic heterocycles. The largest absolute Gasteiger partial charge is 0.385 e. The van der Waals surface area contributed by atoms with Crippen LogP contribution in [0.2, 0.25) is 0 Å². The summed E-state index contributed by atoms with van der Waals surface area (Å²) < 4.78 is 0. The molecule has 16 heavy (non-hydrogen) atoms. The van der Waals surface area contributed by atoms with Crippen molar-refractivity contribution in [2.24, 2.45) is 11.7 Å². The van der Waals surface area contributed by atoms with Gasteiger partial charge in [-0.3, -0.25) is 0 Å². The Morgan fingerprint density at radius 2 is 2.25 bits per heavy atom. The van der Waals surface area contributed by atoms with Crippen molar-refractivity contribution < 1.29 is 0 Å². The molecule has 0 aliphatic carbocycles. The lowest BCUT2D eigenvalue weighted by Crippen LogP contribution is -2.28. The second-order valence-corrected chi connectivity index (χ2v) is 3.76. The second-order valence-electron chi connectivity index (χ2n) is 3.76. The standard InChI is InChI=1S/C13H17N3/c1-3-4-5-6-7-8-12-10(2)11(9-14)13(15)16-12/h3-7,10,12,16H,1,8,15H2,2H3/b5-4-,7-6-. The molecule has 0 aromatic carbocycles. The maximum Gasteiger partial charge on any atom is 0.111 e. The average Bonchev–Trinajstić information content (AvgIpc) is 2.53. The van der Waals surface area contributed by atoms with Crippen LogP contribution < -0.4 is 11.1 Å². The molecule has 0 saturated carbocycles. The first-order chi connectivity index (χ1) is 7.70. The minimum atomic E-state index is 0.179. The lowest BCUT2D eigenvalue weighted by Gasteiger charge is -2.14. The van der Waals surface area contributed by atoms with E-state index in [1.54, 1.807) is 6.08 Å². The molecule has 1 rings (SSSR count). The number of nitrogens with two attached hydrogens (primary N) is 1. The Labute approximate surface area is 96.6 Å². The average molecular weight is 215 g/mol. The van der Waals surface area contributed by atoms with E-state index < -0.39 is 0 Å². The van der Waals surface area contributed by atoms with Gasteiger partial charge >= 0.3 is 0 Å². The van der Waals surface area contributed by atoms with Gasteiger partial charge in [0.15, 0.2) is 0 Å². The number of nitrogens with one attached hydrogen (secondary N) is 1. The number of nitrogens with zero attached hydrogens (tertiary/aromatic N) is 1. The summed E-state index contributed by atoms with van der Waals surface area (Å²) in [7, 11) is 0. The van der Waals surface area contributed by atoms with E-state index in [1.807, 2.05) is 25.2 Å². The van der Waals surface area contributed by atoms with Crippen LogP contribution in [0, 0.1) is 17.2 Å². The van der Waals surface area contributed by atoms with E-state index in [1.165, 1.54) is 0 Å². The molecule has 3 N–H and O–H groups in total. The molecule has 0 amide bonds. The number of rotatable bonds is 4. The highest BCUT2D eigenvalue weighted by molar-refractivity contribution is 5.34. The second kappa shape index (κ2) is 5.82. The maximum atomic E-state index is 8.90. The Balaban J connectivity index is 2.49. The zero-order valence-electron chi connectivity index (χ0n) is 9.48. The Morgan fingerprint density at radius 3 is 2.81 bits per heavy atom. The zero-order chi connectivity index (χ0) is 12.0. The summed E-state index contributed by atoms with van der Waals surface area (Å²) in [5.74, 6) is 0.702. The summed E-state index contributed by atoms with van der Waals surface area (Å²) in [6.07, 6.45) is 10.4. The van der Waals surface area contributed by atoms with E-state index in [-0.39, 0.29) is 12.0 Å². The van der Waals surface area contributed by atoms with Crippen molar-refractivity contribution in [2.75, 3.05) is 0 Å². The summed E-state index contributed by atoms with van der Waals surface area (Å²) in [6.45, 7) is 5.60. The zero-order valence-corrected chi connectivity index (χ0v) is 9.48. The summed E-state index contributed by atoms with van der Waals surface area (Å²) in [5, 5.41) is 12.0. The fraction of sp³-hybridized carbons (Fsp3) is 0.308. The Bertz CT molecular complexity index is 382. The Hall–Kier alpha value is -1.95. The van der Waals surface area contributed by atoms with Gasteiger partial charge in [-0.1, -0.05) is 43.9 Å². The molecule has 0 fully saturated rings. The predicted octanol–water partition coefficient (Wildman–Crippen LogP) is 1.98. The lowest BCUT2D eigenvalue weighted by molar-refractivity contribution is 0.504. The van der Waals surface area contributed by atoms with E-state index in [0.29, 0.717) is 11.4 Å². The lowest BCUT2D eigenvalue weighted by atomic mass is 9.95. The maximum absolute atomic E-state index is 8.90. The third kappa shape index (κ3) is 2.77. The molecule has 84 valence electrons.